The van der Waals surface area contributed by atoms with Gasteiger partial charge in [0.2, 0.25) is 0 Å². The number of carbonyl (C=O) groups is 1. The van der Waals surface area contributed by atoms with Gasteiger partial charge in [-0.25, -0.2) is 9.37 Å². The molecule has 3 N–H and O–H groups in total. The number of aromatic nitrogens is 2. The van der Waals surface area contributed by atoms with E-state index < -0.39 is 11.7 Å². The Morgan fingerprint density at radius 1 is 1.29 bits per heavy atom. The van der Waals surface area contributed by atoms with Crippen molar-refractivity contribution in [1.29, 1.82) is 0 Å². The molecule has 0 unspecified atom stereocenters. The largest absolute Gasteiger partial charge is 0.399 e. The summed E-state index contributed by atoms with van der Waals surface area (Å²) in [6.45, 7) is 0. The van der Waals surface area contributed by atoms with Gasteiger partial charge in [0.25, 0.3) is 5.91 Å². The Labute approximate surface area is 96.5 Å². The van der Waals surface area contributed by atoms with Crippen molar-refractivity contribution in [3.05, 3.63) is 48.3 Å². The van der Waals surface area contributed by atoms with E-state index in [0.717, 1.165) is 6.07 Å². The van der Waals surface area contributed by atoms with Crippen LogP contribution in [0.3, 0.4) is 0 Å². The molecule has 0 bridgehead atoms. The first-order valence-electron chi connectivity index (χ1n) is 4.78. The Kier molecular flexibility index (Phi) is 2.95. The van der Waals surface area contributed by atoms with Crippen LogP contribution in [-0.2, 0) is 0 Å². The average Bonchev–Trinajstić information content (AvgIpc) is 2.28. The minimum Gasteiger partial charge on any atom is -0.399 e. The number of rotatable bonds is 2. The first-order chi connectivity index (χ1) is 8.15. The van der Waals surface area contributed by atoms with Crippen LogP contribution in [0.4, 0.5) is 15.8 Å². The minimum absolute atomic E-state index is 0.148. The zero-order chi connectivity index (χ0) is 12.3. The lowest BCUT2D eigenvalue weighted by molar-refractivity contribution is 0.102. The van der Waals surface area contributed by atoms with Gasteiger partial charge in [-0.15, -0.1) is 0 Å². The Bertz CT molecular complexity index is 524. The number of nitrogens with two attached hydrogens (primary N) is 1. The number of hydrogen-bond donors (Lipinski definition) is 2. The second-order valence-electron chi connectivity index (χ2n) is 3.32. The number of nitrogen functional groups attached to an aromatic ring is 1. The molecule has 1 heterocycles. The Morgan fingerprint density at radius 3 is 2.76 bits per heavy atom. The standard InChI is InChI=1S/C11H9FN4O/c12-7-3-8(13)5-9(4-7)16-11(17)10-6-14-1-2-15-10/h1-6H,13H2,(H,16,17). The molecule has 0 spiro atoms. The topological polar surface area (TPSA) is 80.9 Å². The summed E-state index contributed by atoms with van der Waals surface area (Å²) in [4.78, 5) is 19.2. The first-order valence-corrected chi connectivity index (χ1v) is 4.78. The van der Waals surface area contributed by atoms with Crippen LogP contribution >= 0.6 is 0 Å². The molecule has 1 aromatic heterocycles. The van der Waals surface area contributed by atoms with Gasteiger partial charge in [0.1, 0.15) is 11.5 Å². The van der Waals surface area contributed by atoms with Gasteiger partial charge in [-0.05, 0) is 18.2 Å². The van der Waals surface area contributed by atoms with E-state index in [1.54, 1.807) is 0 Å². The molecular formula is C11H9FN4O. The second-order valence-corrected chi connectivity index (χ2v) is 3.32. The SMILES string of the molecule is Nc1cc(F)cc(NC(=O)c2cnccn2)c1. The molecule has 1 amide bonds. The molecule has 0 atom stereocenters. The summed E-state index contributed by atoms with van der Waals surface area (Å²) >= 11 is 0. The average molecular weight is 232 g/mol. The van der Waals surface area contributed by atoms with Gasteiger partial charge in [0.15, 0.2) is 0 Å². The predicted molar refractivity (Wildman–Crippen MR) is 60.8 cm³/mol. The molecule has 86 valence electrons. The van der Waals surface area contributed by atoms with Gasteiger partial charge in [-0.2, -0.15) is 0 Å². The van der Waals surface area contributed by atoms with E-state index in [9.17, 15) is 9.18 Å². The lowest BCUT2D eigenvalue weighted by Crippen LogP contribution is -2.14. The maximum Gasteiger partial charge on any atom is 0.275 e. The quantitative estimate of drug-likeness (QED) is 0.768. The lowest BCUT2D eigenvalue weighted by atomic mass is 10.2. The van der Waals surface area contributed by atoms with Crippen molar-refractivity contribution < 1.29 is 9.18 Å². The molecule has 1 aromatic carbocycles. The monoisotopic (exact) mass is 232 g/mol. The third-order valence-corrected chi connectivity index (χ3v) is 1.97. The molecule has 5 nitrogen and oxygen atoms in total. The lowest BCUT2D eigenvalue weighted by Gasteiger charge is -2.05. The molecule has 0 radical (unpaired) electrons. The Morgan fingerprint density at radius 2 is 2.12 bits per heavy atom. The van der Waals surface area contributed by atoms with E-state index in [4.69, 9.17) is 5.73 Å². The van der Waals surface area contributed by atoms with Crippen LogP contribution in [0.2, 0.25) is 0 Å². The van der Waals surface area contributed by atoms with Crippen molar-refractivity contribution in [1.82, 2.24) is 9.97 Å². The summed E-state index contributed by atoms with van der Waals surface area (Å²) in [7, 11) is 0. The van der Waals surface area contributed by atoms with Crippen LogP contribution in [0.5, 0.6) is 0 Å². The van der Waals surface area contributed by atoms with E-state index in [-0.39, 0.29) is 17.1 Å². The molecule has 6 heteroatoms. The van der Waals surface area contributed by atoms with Crippen LogP contribution in [-0.4, -0.2) is 15.9 Å². The van der Waals surface area contributed by atoms with Crippen LogP contribution in [0, 0.1) is 5.82 Å². The summed E-state index contributed by atoms with van der Waals surface area (Å²) in [5.41, 5.74) is 6.11. The zero-order valence-electron chi connectivity index (χ0n) is 8.72. The van der Waals surface area contributed by atoms with Crippen molar-refractivity contribution in [2.75, 3.05) is 11.1 Å². The summed E-state index contributed by atoms with van der Waals surface area (Å²) in [5, 5.41) is 2.48. The molecule has 2 aromatic rings. The second kappa shape index (κ2) is 4.56. The number of hydrogen-bond acceptors (Lipinski definition) is 4. The van der Waals surface area contributed by atoms with E-state index in [2.05, 4.69) is 15.3 Å². The predicted octanol–water partition coefficient (Wildman–Crippen LogP) is 1.45. The molecule has 0 aliphatic rings. The zero-order valence-corrected chi connectivity index (χ0v) is 8.72. The highest BCUT2D eigenvalue weighted by molar-refractivity contribution is 6.02. The van der Waals surface area contributed by atoms with E-state index in [1.807, 2.05) is 0 Å². The molecule has 2 rings (SSSR count). The Hall–Kier alpha value is -2.50. The van der Waals surface area contributed by atoms with Crippen molar-refractivity contribution in [3.8, 4) is 0 Å². The number of halogens is 1. The summed E-state index contributed by atoms with van der Waals surface area (Å²) in [6.07, 6.45) is 4.17. The Balaban J connectivity index is 2.19. The van der Waals surface area contributed by atoms with Crippen LogP contribution in [0.15, 0.2) is 36.8 Å². The van der Waals surface area contributed by atoms with Gasteiger partial charge in [0.05, 0.1) is 6.20 Å². The highest BCUT2D eigenvalue weighted by Gasteiger charge is 2.08. The molecule has 17 heavy (non-hydrogen) atoms. The fraction of sp³-hybridized carbons (Fsp3) is 0. The van der Waals surface area contributed by atoms with E-state index in [0.29, 0.717) is 0 Å². The third kappa shape index (κ3) is 2.75. The first kappa shape index (κ1) is 11.0. The normalized spacial score (nSPS) is 9.94. The van der Waals surface area contributed by atoms with Gasteiger partial charge < -0.3 is 11.1 Å². The molecule has 0 fully saturated rings. The summed E-state index contributed by atoms with van der Waals surface area (Å²) < 4.78 is 13.0. The van der Waals surface area contributed by atoms with E-state index in [1.165, 1.54) is 30.7 Å². The number of nitrogens with one attached hydrogen (secondary N) is 1. The van der Waals surface area contributed by atoms with E-state index >= 15 is 0 Å². The molecular weight excluding hydrogens is 223 g/mol. The van der Waals surface area contributed by atoms with Crippen molar-refractivity contribution in [2.24, 2.45) is 0 Å². The highest BCUT2D eigenvalue weighted by atomic mass is 19.1. The van der Waals surface area contributed by atoms with Crippen molar-refractivity contribution in [3.63, 3.8) is 0 Å². The number of amides is 1. The number of carbonyl (C=O) groups excluding carboxylic acids is 1. The fourth-order valence-electron chi connectivity index (χ4n) is 1.30. The van der Waals surface area contributed by atoms with Gasteiger partial charge in [0, 0.05) is 23.8 Å². The van der Waals surface area contributed by atoms with Gasteiger partial charge in [-0.1, -0.05) is 0 Å². The molecule has 0 saturated heterocycles. The molecule has 0 aliphatic carbocycles. The number of benzene rings is 1. The minimum atomic E-state index is -0.514. The highest BCUT2D eigenvalue weighted by Crippen LogP contribution is 2.15. The van der Waals surface area contributed by atoms with Crippen LogP contribution < -0.4 is 11.1 Å². The van der Waals surface area contributed by atoms with Crippen LogP contribution in [0.25, 0.3) is 0 Å². The summed E-state index contributed by atoms with van der Waals surface area (Å²) in [5.74, 6) is -0.984. The number of nitrogens with zero attached hydrogens (tertiary/aromatic N) is 2. The summed E-state index contributed by atoms with van der Waals surface area (Å²) in [6, 6.07) is 3.79. The molecule has 0 aliphatic heterocycles. The maximum absolute atomic E-state index is 13.0. The van der Waals surface area contributed by atoms with Crippen molar-refractivity contribution >= 4 is 17.3 Å². The third-order valence-electron chi connectivity index (χ3n) is 1.97. The van der Waals surface area contributed by atoms with Gasteiger partial charge in [-0.3, -0.25) is 9.78 Å². The van der Waals surface area contributed by atoms with Gasteiger partial charge >= 0.3 is 0 Å². The smallest absolute Gasteiger partial charge is 0.275 e. The number of anilines is 2. The van der Waals surface area contributed by atoms with Crippen LogP contribution in [0.1, 0.15) is 10.5 Å². The van der Waals surface area contributed by atoms with Crippen molar-refractivity contribution in [2.45, 2.75) is 0 Å². The fourth-order valence-corrected chi connectivity index (χ4v) is 1.30. The maximum atomic E-state index is 13.0. The molecule has 0 saturated carbocycles.